The molecule has 1 aromatic heterocycles. The zero-order valence-corrected chi connectivity index (χ0v) is 15.1. The van der Waals surface area contributed by atoms with Crippen molar-refractivity contribution in [2.45, 2.75) is 12.8 Å². The molecule has 138 valence electrons. The molecule has 2 aromatic carbocycles. The Kier molecular flexibility index (Phi) is 4.62. The first-order chi connectivity index (χ1) is 13.1. The molecule has 0 spiro atoms. The summed E-state index contributed by atoms with van der Waals surface area (Å²) in [5.74, 6) is 1.11. The molecule has 1 N–H and O–H groups in total. The molecular formula is C21H21N3O3. The summed E-state index contributed by atoms with van der Waals surface area (Å²) < 4.78 is 7.21. The Morgan fingerprint density at radius 3 is 3.04 bits per heavy atom. The van der Waals surface area contributed by atoms with Gasteiger partial charge in [0.2, 0.25) is 0 Å². The quantitative estimate of drug-likeness (QED) is 0.775. The summed E-state index contributed by atoms with van der Waals surface area (Å²) in [6.45, 7) is 1.24. The fourth-order valence-electron chi connectivity index (χ4n) is 3.43. The molecule has 1 amide bonds. The number of carbonyl (C=O) groups excluding carboxylic acids is 1. The molecule has 0 aliphatic carbocycles. The van der Waals surface area contributed by atoms with Crippen LogP contribution in [0.25, 0.3) is 10.9 Å². The van der Waals surface area contributed by atoms with Crippen molar-refractivity contribution in [1.29, 1.82) is 0 Å². The molecule has 0 saturated carbocycles. The molecule has 1 unspecified atom stereocenters. The second kappa shape index (κ2) is 7.23. The largest absolute Gasteiger partial charge is 0.493 e. The monoisotopic (exact) mass is 363 g/mol. The van der Waals surface area contributed by atoms with E-state index in [1.165, 1.54) is 16.5 Å². The lowest BCUT2D eigenvalue weighted by Crippen LogP contribution is -2.30. The van der Waals surface area contributed by atoms with E-state index in [0.29, 0.717) is 35.5 Å². The van der Waals surface area contributed by atoms with Gasteiger partial charge in [0.05, 0.1) is 23.8 Å². The molecule has 0 saturated heterocycles. The van der Waals surface area contributed by atoms with Crippen molar-refractivity contribution < 1.29 is 9.53 Å². The minimum absolute atomic E-state index is 0.121. The summed E-state index contributed by atoms with van der Waals surface area (Å²) >= 11 is 0. The molecule has 1 aliphatic heterocycles. The van der Waals surface area contributed by atoms with E-state index < -0.39 is 0 Å². The van der Waals surface area contributed by atoms with Gasteiger partial charge in [0.25, 0.3) is 11.5 Å². The number of rotatable bonds is 3. The molecule has 1 aliphatic rings. The van der Waals surface area contributed by atoms with Gasteiger partial charge >= 0.3 is 0 Å². The van der Waals surface area contributed by atoms with Crippen molar-refractivity contribution in [3.05, 3.63) is 70.3 Å². The van der Waals surface area contributed by atoms with Crippen LogP contribution < -0.4 is 15.6 Å². The molecule has 0 bridgehead atoms. The number of amides is 1. The van der Waals surface area contributed by atoms with Crippen LogP contribution in [0, 0.1) is 5.92 Å². The normalized spacial score (nSPS) is 16.3. The molecule has 2 heterocycles. The minimum atomic E-state index is -0.155. The van der Waals surface area contributed by atoms with Crippen LogP contribution in [0.1, 0.15) is 22.3 Å². The summed E-state index contributed by atoms with van der Waals surface area (Å²) in [6, 6.07) is 13.0. The van der Waals surface area contributed by atoms with E-state index in [0.717, 1.165) is 18.6 Å². The number of hydrogen-bond donors (Lipinski definition) is 1. The number of fused-ring (bicyclic) bond motifs is 2. The second-order valence-electron chi connectivity index (χ2n) is 6.92. The highest BCUT2D eigenvalue weighted by atomic mass is 16.5. The highest BCUT2D eigenvalue weighted by Gasteiger charge is 2.18. The van der Waals surface area contributed by atoms with Gasteiger partial charge in [0.1, 0.15) is 5.75 Å². The fourth-order valence-corrected chi connectivity index (χ4v) is 3.43. The summed E-state index contributed by atoms with van der Waals surface area (Å²) in [5, 5.41) is 3.52. The zero-order valence-electron chi connectivity index (χ0n) is 15.1. The van der Waals surface area contributed by atoms with E-state index in [2.05, 4.69) is 16.4 Å². The number of hydrogen-bond acceptors (Lipinski definition) is 4. The lowest BCUT2D eigenvalue weighted by molar-refractivity contribution is 0.0945. The number of carbonyl (C=O) groups is 1. The lowest BCUT2D eigenvalue weighted by Gasteiger charge is -2.15. The van der Waals surface area contributed by atoms with Crippen LogP contribution in [-0.2, 0) is 13.5 Å². The van der Waals surface area contributed by atoms with Crippen molar-refractivity contribution in [2.24, 2.45) is 13.0 Å². The van der Waals surface area contributed by atoms with Gasteiger partial charge in [0.15, 0.2) is 0 Å². The SMILES string of the molecule is Cn1cnc2cc(C(=O)NCC3CCOc4ccccc4C3)ccc2c1=O. The molecule has 0 radical (unpaired) electrons. The van der Waals surface area contributed by atoms with Crippen LogP contribution in [0.4, 0.5) is 0 Å². The van der Waals surface area contributed by atoms with Crippen molar-refractivity contribution >= 4 is 16.8 Å². The third kappa shape index (κ3) is 3.56. The number of benzene rings is 2. The van der Waals surface area contributed by atoms with E-state index >= 15 is 0 Å². The Balaban J connectivity index is 1.46. The van der Waals surface area contributed by atoms with Crippen LogP contribution in [0.3, 0.4) is 0 Å². The van der Waals surface area contributed by atoms with Gasteiger partial charge in [-0.3, -0.25) is 9.59 Å². The van der Waals surface area contributed by atoms with E-state index in [1.807, 2.05) is 18.2 Å². The number of ether oxygens (including phenoxy) is 1. The van der Waals surface area contributed by atoms with Crippen LogP contribution in [0.5, 0.6) is 5.75 Å². The van der Waals surface area contributed by atoms with Crippen molar-refractivity contribution in [3.63, 3.8) is 0 Å². The maximum Gasteiger partial charge on any atom is 0.260 e. The number of para-hydroxylation sites is 1. The van der Waals surface area contributed by atoms with Crippen molar-refractivity contribution in [2.75, 3.05) is 13.2 Å². The average molecular weight is 363 g/mol. The van der Waals surface area contributed by atoms with E-state index in [1.54, 1.807) is 25.2 Å². The predicted octanol–water partition coefficient (Wildman–Crippen LogP) is 2.30. The van der Waals surface area contributed by atoms with Crippen LogP contribution in [0.15, 0.2) is 53.6 Å². The molecule has 27 heavy (non-hydrogen) atoms. The summed E-state index contributed by atoms with van der Waals surface area (Å²) in [6.07, 6.45) is 3.24. The van der Waals surface area contributed by atoms with Crippen molar-refractivity contribution in [3.8, 4) is 5.75 Å². The van der Waals surface area contributed by atoms with Gasteiger partial charge in [-0.1, -0.05) is 18.2 Å². The fraction of sp³-hybridized carbons (Fsp3) is 0.286. The number of nitrogens with one attached hydrogen (secondary N) is 1. The predicted molar refractivity (Wildman–Crippen MR) is 103 cm³/mol. The van der Waals surface area contributed by atoms with Gasteiger partial charge in [-0.05, 0) is 48.6 Å². The topological polar surface area (TPSA) is 73.2 Å². The highest BCUT2D eigenvalue weighted by molar-refractivity contribution is 5.97. The maximum atomic E-state index is 12.6. The van der Waals surface area contributed by atoms with E-state index in [4.69, 9.17) is 4.74 Å². The lowest BCUT2D eigenvalue weighted by atomic mass is 9.97. The van der Waals surface area contributed by atoms with Crippen LogP contribution >= 0.6 is 0 Å². The van der Waals surface area contributed by atoms with E-state index in [9.17, 15) is 9.59 Å². The number of aryl methyl sites for hydroxylation is 1. The third-order valence-electron chi connectivity index (χ3n) is 5.00. The summed E-state index contributed by atoms with van der Waals surface area (Å²) in [4.78, 5) is 28.9. The van der Waals surface area contributed by atoms with Crippen molar-refractivity contribution in [1.82, 2.24) is 14.9 Å². The minimum Gasteiger partial charge on any atom is -0.493 e. The molecule has 3 aromatic rings. The average Bonchev–Trinajstić information content (AvgIpc) is 2.90. The zero-order chi connectivity index (χ0) is 18.8. The molecule has 6 heteroatoms. The molecule has 0 fully saturated rings. The number of aromatic nitrogens is 2. The Labute approximate surface area is 156 Å². The Hall–Kier alpha value is -3.15. The van der Waals surface area contributed by atoms with Crippen LogP contribution in [-0.4, -0.2) is 28.6 Å². The Morgan fingerprint density at radius 1 is 1.30 bits per heavy atom. The third-order valence-corrected chi connectivity index (χ3v) is 5.00. The van der Waals surface area contributed by atoms with Gasteiger partial charge in [0, 0.05) is 19.2 Å². The second-order valence-corrected chi connectivity index (χ2v) is 6.92. The van der Waals surface area contributed by atoms with Gasteiger partial charge < -0.3 is 14.6 Å². The first-order valence-corrected chi connectivity index (χ1v) is 9.06. The van der Waals surface area contributed by atoms with Gasteiger partial charge in [-0.2, -0.15) is 0 Å². The van der Waals surface area contributed by atoms with Crippen LogP contribution in [0.2, 0.25) is 0 Å². The Bertz CT molecular complexity index is 1060. The smallest absolute Gasteiger partial charge is 0.260 e. The summed E-state index contributed by atoms with van der Waals surface area (Å²) in [7, 11) is 1.66. The maximum absolute atomic E-state index is 12.6. The highest BCUT2D eigenvalue weighted by Crippen LogP contribution is 2.26. The first-order valence-electron chi connectivity index (χ1n) is 9.06. The summed E-state index contributed by atoms with van der Waals surface area (Å²) in [5.41, 5.74) is 2.10. The molecule has 1 atom stereocenters. The Morgan fingerprint density at radius 2 is 2.15 bits per heavy atom. The van der Waals surface area contributed by atoms with Gasteiger partial charge in [-0.15, -0.1) is 0 Å². The first kappa shape index (κ1) is 17.3. The van der Waals surface area contributed by atoms with Gasteiger partial charge in [-0.25, -0.2) is 4.98 Å². The molecule has 4 rings (SSSR count). The van der Waals surface area contributed by atoms with E-state index in [-0.39, 0.29) is 11.5 Å². The number of nitrogens with zero attached hydrogens (tertiary/aromatic N) is 2. The standard InChI is InChI=1S/C21H21N3O3/c1-24-13-23-18-11-16(6-7-17(18)21(24)26)20(25)22-12-14-8-9-27-19-5-3-2-4-15(19)10-14/h2-7,11,13-14H,8-10,12H2,1H3,(H,22,25). The molecule has 6 nitrogen and oxygen atoms in total. The molecular weight excluding hydrogens is 342 g/mol.